The van der Waals surface area contributed by atoms with Gasteiger partial charge in [-0.05, 0) is 45.4 Å². The van der Waals surface area contributed by atoms with Crippen LogP contribution < -0.4 is 14.5 Å². The van der Waals surface area contributed by atoms with Crippen LogP contribution in [0, 0.1) is 17.1 Å². The van der Waals surface area contributed by atoms with Gasteiger partial charge in [0, 0.05) is 60.8 Å². The van der Waals surface area contributed by atoms with Gasteiger partial charge in [-0.2, -0.15) is 15.2 Å². The minimum atomic E-state index is -1.02. The summed E-state index contributed by atoms with van der Waals surface area (Å²) in [6.07, 6.45) is 8.83. The first kappa shape index (κ1) is 32.7. The fourth-order valence-electron chi connectivity index (χ4n) is 6.99. The number of thioether (sulfide) groups is 1. The second-order valence-electron chi connectivity index (χ2n) is 13.1. The first-order chi connectivity index (χ1) is 23.1. The molecule has 1 unspecified atom stereocenters. The lowest BCUT2D eigenvalue weighted by Crippen LogP contribution is -2.64. The van der Waals surface area contributed by atoms with Crippen molar-refractivity contribution < 1.29 is 18.3 Å². The highest BCUT2D eigenvalue weighted by Crippen LogP contribution is 2.57. The van der Waals surface area contributed by atoms with Crippen LogP contribution in [0.1, 0.15) is 37.4 Å². The van der Waals surface area contributed by atoms with Crippen LogP contribution in [0.2, 0.25) is 0 Å². The average Bonchev–Trinajstić information content (AvgIpc) is 4.02. The minimum absolute atomic E-state index is 0.0195. The van der Waals surface area contributed by atoms with Gasteiger partial charge in [-0.25, -0.2) is 8.78 Å². The number of benzene rings is 1. The number of carbonyl (C=O) groups is 1. The molecule has 5 heterocycles. The van der Waals surface area contributed by atoms with Gasteiger partial charge in [-0.1, -0.05) is 12.1 Å². The van der Waals surface area contributed by atoms with E-state index in [-0.39, 0.29) is 40.8 Å². The average molecular weight is 688 g/mol. The summed E-state index contributed by atoms with van der Waals surface area (Å²) in [7, 11) is 5.97. The molecule has 0 bridgehead atoms. The number of ether oxygens (including phenoxy) is 1. The van der Waals surface area contributed by atoms with E-state index in [1.54, 1.807) is 23.4 Å². The molecule has 7 rings (SSSR count). The Hall–Kier alpha value is -3.80. The Morgan fingerprint density at radius 2 is 2.08 bits per heavy atom. The topological polar surface area (TPSA) is 102 Å². The molecule has 249 valence electrons. The monoisotopic (exact) mass is 687 g/mol. The number of nitrogens with zero attached hydrogens (tertiary/aromatic N) is 8. The van der Waals surface area contributed by atoms with Gasteiger partial charge in [0.15, 0.2) is 0 Å². The van der Waals surface area contributed by atoms with Gasteiger partial charge in [0.25, 0.3) is 0 Å². The van der Waals surface area contributed by atoms with Gasteiger partial charge in [-0.3, -0.25) is 14.7 Å². The highest BCUT2D eigenvalue weighted by Gasteiger charge is 2.58. The van der Waals surface area contributed by atoms with E-state index in [1.807, 2.05) is 17.8 Å². The van der Waals surface area contributed by atoms with Gasteiger partial charge >= 0.3 is 6.01 Å². The van der Waals surface area contributed by atoms with E-state index >= 15 is 4.39 Å². The van der Waals surface area contributed by atoms with Crippen molar-refractivity contribution in [1.82, 2.24) is 24.8 Å². The summed E-state index contributed by atoms with van der Waals surface area (Å²) in [5, 5.41) is 10.2. The van der Waals surface area contributed by atoms with Crippen molar-refractivity contribution in [2.45, 2.75) is 60.5 Å². The molecule has 3 aromatic rings. The van der Waals surface area contributed by atoms with Gasteiger partial charge < -0.3 is 19.4 Å². The van der Waals surface area contributed by atoms with Crippen molar-refractivity contribution in [2.75, 3.05) is 56.3 Å². The number of piperazine rings is 1. The van der Waals surface area contributed by atoms with E-state index in [0.29, 0.717) is 62.1 Å². The number of halogens is 2. The molecule has 10 nitrogen and oxygen atoms in total. The first-order valence-electron chi connectivity index (χ1n) is 16.3. The molecule has 0 spiro atoms. The van der Waals surface area contributed by atoms with Crippen LogP contribution in [0.3, 0.4) is 0 Å². The largest absolute Gasteiger partial charge is 0.462 e. The van der Waals surface area contributed by atoms with Gasteiger partial charge in [0.1, 0.15) is 24.9 Å². The predicted molar refractivity (Wildman–Crippen MR) is 182 cm³/mol. The number of alkyl halides is 1. The molecule has 3 aliphatic heterocycles. The Labute approximate surface area is 286 Å². The summed E-state index contributed by atoms with van der Waals surface area (Å²) < 4.78 is 34.3. The number of pyridine rings is 1. The third kappa shape index (κ3) is 6.12. The fraction of sp³-hybridized carbons (Fsp3) is 0.500. The molecule has 2 saturated heterocycles. The minimum Gasteiger partial charge on any atom is -0.462 e. The Kier molecular flexibility index (Phi) is 8.80. The summed E-state index contributed by atoms with van der Waals surface area (Å²) in [6.45, 7) is 3.98. The number of anilines is 2. The van der Waals surface area contributed by atoms with Crippen LogP contribution in [-0.4, -0.2) is 109 Å². The number of amides is 1. The van der Waals surface area contributed by atoms with Crippen LogP contribution >= 0.6 is 11.8 Å². The van der Waals surface area contributed by atoms with Crippen LogP contribution in [-0.2, 0) is 17.8 Å². The summed E-state index contributed by atoms with van der Waals surface area (Å²) >= 11 is 1.89. The molecule has 3 atom stereocenters. The zero-order chi connectivity index (χ0) is 33.6. The molecular weight excluding hydrogens is 651 g/mol. The van der Waals surface area contributed by atoms with Crippen molar-refractivity contribution in [1.29, 1.82) is 5.26 Å². The lowest BCUT2D eigenvalue weighted by Gasteiger charge is -2.48. The normalized spacial score (nSPS) is 25.4. The Morgan fingerprint density at radius 3 is 2.85 bits per heavy atom. The van der Waals surface area contributed by atoms with Gasteiger partial charge in [-0.15, -0.1) is 11.8 Å². The second kappa shape index (κ2) is 12.9. The summed E-state index contributed by atoms with van der Waals surface area (Å²) in [5.41, 5.74) is 2.43. The summed E-state index contributed by atoms with van der Waals surface area (Å²) in [5.74, 6) is 0.0353. The molecule has 14 heteroatoms. The highest BCUT2D eigenvalue weighted by atomic mass is 32.2. The van der Waals surface area contributed by atoms with Crippen LogP contribution in [0.5, 0.6) is 6.01 Å². The van der Waals surface area contributed by atoms with Gasteiger partial charge in [0.05, 0.1) is 62.1 Å². The number of nitriles is 1. The van der Waals surface area contributed by atoms with E-state index in [2.05, 4.69) is 50.0 Å². The molecule has 4 aliphatic rings. The smallest absolute Gasteiger partial charge is 0.318 e. The Balaban J connectivity index is 1.20. The van der Waals surface area contributed by atoms with E-state index in [0.717, 1.165) is 16.6 Å². The lowest BCUT2D eigenvalue weighted by atomic mass is 10.0. The Morgan fingerprint density at radius 1 is 1.25 bits per heavy atom. The van der Waals surface area contributed by atoms with E-state index < -0.39 is 11.8 Å². The predicted octanol–water partition coefficient (Wildman–Crippen LogP) is 3.98. The van der Waals surface area contributed by atoms with Crippen LogP contribution in [0.15, 0.2) is 42.7 Å². The molecule has 0 N–H and O–H groups in total. The van der Waals surface area contributed by atoms with Crippen molar-refractivity contribution in [3.05, 3.63) is 59.8 Å². The summed E-state index contributed by atoms with van der Waals surface area (Å²) in [4.78, 5) is 35.5. The number of hydrogen-bond acceptors (Lipinski definition) is 10. The number of rotatable bonds is 10. The molecule has 1 aromatic carbocycles. The van der Waals surface area contributed by atoms with E-state index in [1.165, 1.54) is 31.1 Å². The second-order valence-corrected chi connectivity index (χ2v) is 15.6. The third-order valence-electron chi connectivity index (χ3n) is 10.0. The SMILES string of the molecule is CN(C1CC1)[C@@]1(C)SC1COc1nc2c(c(N3CCN(C(=O)/C=C/CF)[C@]([Si])(CC#N)C3)n1)CCN(c1cncc3cccc(F)c13)C2. The van der Waals surface area contributed by atoms with E-state index in [9.17, 15) is 14.4 Å². The van der Waals surface area contributed by atoms with Gasteiger partial charge in [0.2, 0.25) is 5.91 Å². The first-order valence-corrected chi connectivity index (χ1v) is 17.6. The zero-order valence-corrected chi connectivity index (χ0v) is 28.8. The quantitative estimate of drug-likeness (QED) is 0.177. The number of fused-ring (bicyclic) bond motifs is 2. The molecule has 1 aliphatic carbocycles. The van der Waals surface area contributed by atoms with Crippen molar-refractivity contribution in [2.24, 2.45) is 0 Å². The maximum absolute atomic E-state index is 15.1. The maximum Gasteiger partial charge on any atom is 0.318 e. The standard InChI is InChI=1S/C34H37F2N8O2SSi/c1-33(41(2)23-8-9-23)28(47-33)20-46-32-39-26-19-42(27-18-38-17-22-5-3-6-25(36)30(22)27)14-10-24(26)31(40-32)43-15-16-44(29(45)7-4-12-35)34(48,21-43)11-13-37/h3-7,17-18,23,28H,8-12,14-16,19-21H2,1-2H3/b7-4+/t28?,33-,34-/m0/s1. The molecule has 3 fully saturated rings. The number of hydrogen-bond donors (Lipinski definition) is 0. The van der Waals surface area contributed by atoms with Crippen molar-refractivity contribution in [3.8, 4) is 12.1 Å². The highest BCUT2D eigenvalue weighted by molar-refractivity contribution is 8.08. The van der Waals surface area contributed by atoms with Crippen molar-refractivity contribution in [3.63, 3.8) is 0 Å². The molecule has 3 radical (unpaired) electrons. The third-order valence-corrected chi connectivity index (χ3v) is 12.3. The maximum atomic E-state index is 15.1. The number of aromatic nitrogens is 3. The Bertz CT molecular complexity index is 1800. The van der Waals surface area contributed by atoms with Crippen LogP contribution in [0.4, 0.5) is 20.3 Å². The lowest BCUT2D eigenvalue weighted by molar-refractivity contribution is -0.129. The molecule has 2 aromatic heterocycles. The summed E-state index contributed by atoms with van der Waals surface area (Å²) in [6, 6.07) is 8.10. The van der Waals surface area contributed by atoms with E-state index in [4.69, 9.17) is 14.7 Å². The number of allylic oxidation sites excluding steroid dienone is 1. The number of carbonyl (C=O) groups excluding carboxylic acids is 1. The molecular formula is C34H37F2N8O2SSi. The molecule has 48 heavy (non-hydrogen) atoms. The zero-order valence-electron chi connectivity index (χ0n) is 27.0. The molecule has 1 amide bonds. The van der Waals surface area contributed by atoms with Crippen LogP contribution in [0.25, 0.3) is 10.8 Å². The fourth-order valence-corrected chi connectivity index (χ4v) is 8.68. The molecule has 1 saturated carbocycles. The van der Waals surface area contributed by atoms with Crippen molar-refractivity contribution >= 4 is 50.2 Å².